The zero-order valence-corrected chi connectivity index (χ0v) is 12.4. The van der Waals surface area contributed by atoms with E-state index >= 15 is 0 Å². The van der Waals surface area contributed by atoms with Crippen molar-refractivity contribution in [2.75, 3.05) is 17.9 Å². The molecule has 0 fully saturated rings. The highest BCUT2D eigenvalue weighted by Gasteiger charge is 2.12. The van der Waals surface area contributed by atoms with Gasteiger partial charge in [-0.3, -0.25) is 4.79 Å². The van der Waals surface area contributed by atoms with E-state index < -0.39 is 0 Å². The van der Waals surface area contributed by atoms with Crippen LogP contribution < -0.4 is 21.3 Å². The molecule has 1 aromatic heterocycles. The summed E-state index contributed by atoms with van der Waals surface area (Å²) < 4.78 is 5.22. The summed E-state index contributed by atoms with van der Waals surface area (Å²) in [7, 11) is 1.54. The van der Waals surface area contributed by atoms with E-state index in [1.807, 2.05) is 19.1 Å². The summed E-state index contributed by atoms with van der Waals surface area (Å²) in [5.41, 5.74) is 4.28. The number of methoxy groups -OCH3 is 1. The van der Waals surface area contributed by atoms with Crippen LogP contribution in [0, 0.1) is 6.92 Å². The number of aryl methyl sites for hydroxylation is 1. The van der Waals surface area contributed by atoms with Crippen LogP contribution in [-0.4, -0.2) is 18.0 Å². The maximum atomic E-state index is 12.3. The average molecular weight is 307 g/mol. The number of nitrogens with two attached hydrogens (primary N) is 1. The molecule has 6 nitrogen and oxygen atoms in total. The maximum absolute atomic E-state index is 12.3. The lowest BCUT2D eigenvalue weighted by molar-refractivity contribution is 0.102. The summed E-state index contributed by atoms with van der Waals surface area (Å²) in [5.74, 6) is 5.83. The molecular weight excluding hydrogens is 292 g/mol. The number of carbonyl (C=O) groups is 1. The monoisotopic (exact) mass is 306 g/mol. The summed E-state index contributed by atoms with van der Waals surface area (Å²) in [4.78, 5) is 16.2. The molecule has 1 heterocycles. The first-order valence-corrected chi connectivity index (χ1v) is 6.51. The van der Waals surface area contributed by atoms with Gasteiger partial charge in [-0.2, -0.15) is 0 Å². The minimum Gasteiger partial charge on any atom is -0.495 e. The first kappa shape index (κ1) is 15.1. The third-order valence-electron chi connectivity index (χ3n) is 2.81. The van der Waals surface area contributed by atoms with Crippen LogP contribution in [0.15, 0.2) is 30.3 Å². The first-order chi connectivity index (χ1) is 10.0. The van der Waals surface area contributed by atoms with Crippen LogP contribution in [0.25, 0.3) is 0 Å². The van der Waals surface area contributed by atoms with Crippen LogP contribution >= 0.6 is 11.6 Å². The average Bonchev–Trinajstić information content (AvgIpc) is 2.46. The Labute approximate surface area is 127 Å². The van der Waals surface area contributed by atoms with Gasteiger partial charge in [0.1, 0.15) is 16.7 Å². The number of nitrogens with one attached hydrogen (secondary N) is 2. The number of ether oxygens (including phenoxy) is 1. The summed E-state index contributed by atoms with van der Waals surface area (Å²) in [5, 5.41) is 2.95. The molecule has 0 radical (unpaired) electrons. The normalized spacial score (nSPS) is 10.1. The zero-order chi connectivity index (χ0) is 15.4. The van der Waals surface area contributed by atoms with Gasteiger partial charge in [0.15, 0.2) is 0 Å². The molecular formula is C14H15ClN4O2. The molecule has 0 saturated heterocycles. The second kappa shape index (κ2) is 6.43. The lowest BCUT2D eigenvalue weighted by atomic mass is 10.2. The molecule has 1 aromatic carbocycles. The molecule has 0 saturated carbocycles. The molecule has 21 heavy (non-hydrogen) atoms. The van der Waals surface area contributed by atoms with Gasteiger partial charge in [0.05, 0.1) is 12.8 Å². The van der Waals surface area contributed by atoms with Gasteiger partial charge in [0, 0.05) is 5.56 Å². The van der Waals surface area contributed by atoms with Crippen molar-refractivity contribution in [3.8, 4) is 5.75 Å². The number of halogens is 1. The van der Waals surface area contributed by atoms with Gasteiger partial charge in [-0.15, -0.1) is 0 Å². The van der Waals surface area contributed by atoms with Crippen molar-refractivity contribution in [2.24, 2.45) is 5.84 Å². The van der Waals surface area contributed by atoms with Gasteiger partial charge >= 0.3 is 0 Å². The molecule has 0 aliphatic rings. The smallest absolute Gasteiger partial charge is 0.256 e. The van der Waals surface area contributed by atoms with Gasteiger partial charge < -0.3 is 15.5 Å². The predicted octanol–water partition coefficient (Wildman–Crippen LogP) is 2.59. The van der Waals surface area contributed by atoms with Crippen molar-refractivity contribution in [3.05, 3.63) is 46.6 Å². The summed E-state index contributed by atoms with van der Waals surface area (Å²) >= 11 is 5.85. The molecule has 4 N–H and O–H groups in total. The summed E-state index contributed by atoms with van der Waals surface area (Å²) in [6.45, 7) is 1.93. The lowest BCUT2D eigenvalue weighted by Gasteiger charge is -2.11. The Morgan fingerprint density at radius 1 is 1.33 bits per heavy atom. The van der Waals surface area contributed by atoms with E-state index in [9.17, 15) is 4.79 Å². The molecule has 110 valence electrons. The number of hydrogen-bond acceptors (Lipinski definition) is 5. The number of pyridine rings is 1. The number of hydrazine groups is 1. The molecule has 2 rings (SSSR count). The van der Waals surface area contributed by atoms with E-state index in [2.05, 4.69) is 15.7 Å². The number of nitrogen functional groups attached to an aromatic ring is 1. The summed E-state index contributed by atoms with van der Waals surface area (Å²) in [6.07, 6.45) is 0. The Hall–Kier alpha value is -2.31. The van der Waals surface area contributed by atoms with Crippen molar-refractivity contribution >= 4 is 29.0 Å². The number of rotatable bonds is 4. The number of hydrogen-bond donors (Lipinski definition) is 3. The van der Waals surface area contributed by atoms with Gasteiger partial charge in [-0.05, 0) is 36.8 Å². The standard InChI is InChI=1S/C14H15ClN4O2/c1-8-3-4-11(21-2)10(5-8)17-14(20)9-6-12(15)18-13(7-9)19-16/h3-7H,16H2,1-2H3,(H,17,20)(H,18,19). The van der Waals surface area contributed by atoms with E-state index in [0.29, 0.717) is 22.8 Å². The first-order valence-electron chi connectivity index (χ1n) is 6.13. The fourth-order valence-corrected chi connectivity index (χ4v) is 2.02. The number of nitrogens with zero attached hydrogens (tertiary/aromatic N) is 1. The highest BCUT2D eigenvalue weighted by molar-refractivity contribution is 6.30. The molecule has 0 unspecified atom stereocenters. The molecule has 0 spiro atoms. The molecule has 0 aliphatic heterocycles. The second-order valence-electron chi connectivity index (χ2n) is 4.37. The van der Waals surface area contributed by atoms with E-state index in [1.165, 1.54) is 12.1 Å². The molecule has 7 heteroatoms. The van der Waals surface area contributed by atoms with E-state index in [1.54, 1.807) is 13.2 Å². The third kappa shape index (κ3) is 3.62. The number of aromatic nitrogens is 1. The molecule has 0 atom stereocenters. The maximum Gasteiger partial charge on any atom is 0.256 e. The van der Waals surface area contributed by atoms with Crippen molar-refractivity contribution < 1.29 is 9.53 Å². The Bertz CT molecular complexity index is 676. The van der Waals surface area contributed by atoms with E-state index in [-0.39, 0.29) is 11.1 Å². The van der Waals surface area contributed by atoms with Gasteiger partial charge in [0.25, 0.3) is 5.91 Å². The topological polar surface area (TPSA) is 89.3 Å². The fraction of sp³-hybridized carbons (Fsp3) is 0.143. The Morgan fingerprint density at radius 3 is 2.76 bits per heavy atom. The van der Waals surface area contributed by atoms with E-state index in [0.717, 1.165) is 5.56 Å². The van der Waals surface area contributed by atoms with Crippen LogP contribution in [0.4, 0.5) is 11.5 Å². The fourth-order valence-electron chi connectivity index (χ4n) is 1.82. The Kier molecular flexibility index (Phi) is 4.62. The summed E-state index contributed by atoms with van der Waals surface area (Å²) in [6, 6.07) is 8.47. The molecule has 0 bridgehead atoms. The lowest BCUT2D eigenvalue weighted by Crippen LogP contribution is -2.15. The number of carbonyl (C=O) groups excluding carboxylic acids is 1. The highest BCUT2D eigenvalue weighted by atomic mass is 35.5. The second-order valence-corrected chi connectivity index (χ2v) is 4.75. The molecule has 2 aromatic rings. The predicted molar refractivity (Wildman–Crippen MR) is 82.7 cm³/mol. The van der Waals surface area contributed by atoms with Crippen LogP contribution in [0.1, 0.15) is 15.9 Å². The molecule has 1 amide bonds. The van der Waals surface area contributed by atoms with Crippen molar-refractivity contribution in [2.45, 2.75) is 6.92 Å². The van der Waals surface area contributed by atoms with Crippen molar-refractivity contribution in [1.29, 1.82) is 0 Å². The van der Waals surface area contributed by atoms with E-state index in [4.69, 9.17) is 22.2 Å². The number of amides is 1. The SMILES string of the molecule is COc1ccc(C)cc1NC(=O)c1cc(Cl)nc(NN)c1. The van der Waals surface area contributed by atoms with Crippen molar-refractivity contribution in [1.82, 2.24) is 4.98 Å². The van der Waals surface area contributed by atoms with Crippen LogP contribution in [0.2, 0.25) is 5.15 Å². The Morgan fingerprint density at radius 2 is 2.10 bits per heavy atom. The van der Waals surface area contributed by atoms with Crippen molar-refractivity contribution in [3.63, 3.8) is 0 Å². The number of anilines is 2. The van der Waals surface area contributed by atoms with Crippen LogP contribution in [0.5, 0.6) is 5.75 Å². The van der Waals surface area contributed by atoms with Crippen LogP contribution in [0.3, 0.4) is 0 Å². The van der Waals surface area contributed by atoms with Crippen LogP contribution in [-0.2, 0) is 0 Å². The molecule has 0 aliphatic carbocycles. The highest BCUT2D eigenvalue weighted by Crippen LogP contribution is 2.26. The number of benzene rings is 1. The minimum absolute atomic E-state index is 0.173. The third-order valence-corrected chi connectivity index (χ3v) is 3.00. The van der Waals surface area contributed by atoms with Gasteiger partial charge in [-0.25, -0.2) is 10.8 Å². The minimum atomic E-state index is -0.334. The van der Waals surface area contributed by atoms with Gasteiger partial charge in [-0.1, -0.05) is 17.7 Å². The largest absolute Gasteiger partial charge is 0.495 e. The quantitative estimate of drug-likeness (QED) is 0.459. The van der Waals surface area contributed by atoms with Gasteiger partial charge in [0.2, 0.25) is 0 Å². The zero-order valence-electron chi connectivity index (χ0n) is 11.6. The Balaban J connectivity index is 2.30.